The number of phenols is 2. The molecule has 0 fully saturated rings. The molecule has 98 valence electrons. The van der Waals surface area contributed by atoms with E-state index in [1.165, 1.54) is 6.92 Å². The van der Waals surface area contributed by atoms with Crippen LogP contribution in [-0.2, 0) is 11.2 Å². The van der Waals surface area contributed by atoms with Crippen LogP contribution in [0.1, 0.15) is 12.5 Å². The average Bonchev–Trinajstić information content (AvgIpc) is 2.19. The third-order valence-electron chi connectivity index (χ3n) is 3.38. The Hall–Kier alpha value is -1.75. The maximum Gasteiger partial charge on any atom is 0.217 e. The van der Waals surface area contributed by atoms with Gasteiger partial charge in [-0.15, -0.1) is 0 Å². The van der Waals surface area contributed by atoms with Gasteiger partial charge in [-0.1, -0.05) is 0 Å². The number of carbonyl (C=O) groups is 1. The minimum Gasteiger partial charge on any atom is -0.504 e. The number of benzene rings is 1. The van der Waals surface area contributed by atoms with Crippen LogP contribution in [0, 0.1) is 0 Å². The van der Waals surface area contributed by atoms with Crippen LogP contribution < -0.4 is 9.80 Å². The molecule has 1 unspecified atom stereocenters. The minimum atomic E-state index is -0.114. The molecule has 1 aliphatic rings. The number of quaternary nitrogens is 1. The van der Waals surface area contributed by atoms with E-state index in [1.807, 2.05) is 14.1 Å². The molecule has 0 aromatic heterocycles. The van der Waals surface area contributed by atoms with E-state index < -0.39 is 0 Å². The molecule has 0 saturated carbocycles. The Morgan fingerprint density at radius 1 is 1.33 bits per heavy atom. The van der Waals surface area contributed by atoms with Gasteiger partial charge >= 0.3 is 0 Å². The fourth-order valence-electron chi connectivity index (χ4n) is 2.70. The lowest BCUT2D eigenvalue weighted by Crippen LogP contribution is -2.55. The Kier molecular flexibility index (Phi) is 2.94. The van der Waals surface area contributed by atoms with Gasteiger partial charge in [-0.25, -0.2) is 0 Å². The summed E-state index contributed by atoms with van der Waals surface area (Å²) in [5.41, 5.74) is 1.94. The van der Waals surface area contributed by atoms with Crippen molar-refractivity contribution in [2.45, 2.75) is 19.4 Å². The number of nitrogens with zero attached hydrogens (tertiary/aromatic N) is 1. The Morgan fingerprint density at radius 2 is 1.94 bits per heavy atom. The number of phenolic OH excluding ortho intramolecular Hbond substituents is 2. The number of amides is 1. The zero-order valence-electron chi connectivity index (χ0n) is 10.9. The van der Waals surface area contributed by atoms with E-state index in [9.17, 15) is 15.0 Å². The third kappa shape index (κ3) is 2.26. The standard InChI is InChI=1S/C13H18N2O3/c1-8(16)14-10-4-9-5-12(17)13(18)6-11(9)15(2,3)7-10/h5-6,10H,4,7H2,1-3H3,(H2-,14,16,17,18)/p+1. The van der Waals surface area contributed by atoms with Crippen LogP contribution >= 0.6 is 0 Å². The van der Waals surface area contributed by atoms with E-state index in [2.05, 4.69) is 5.32 Å². The van der Waals surface area contributed by atoms with E-state index in [0.29, 0.717) is 10.9 Å². The van der Waals surface area contributed by atoms with Gasteiger partial charge in [0.1, 0.15) is 12.2 Å². The zero-order valence-corrected chi connectivity index (χ0v) is 10.9. The Bertz CT molecular complexity index is 497. The summed E-state index contributed by atoms with van der Waals surface area (Å²) >= 11 is 0. The molecule has 0 radical (unpaired) electrons. The summed E-state index contributed by atoms with van der Waals surface area (Å²) in [6, 6.07) is 3.24. The molecular formula is C13H19N2O3+. The van der Waals surface area contributed by atoms with Gasteiger partial charge in [0, 0.05) is 25.0 Å². The molecule has 1 aliphatic heterocycles. The molecule has 1 heterocycles. The fourth-order valence-corrected chi connectivity index (χ4v) is 2.70. The van der Waals surface area contributed by atoms with Gasteiger partial charge in [0.05, 0.1) is 20.1 Å². The third-order valence-corrected chi connectivity index (χ3v) is 3.38. The lowest BCUT2D eigenvalue weighted by Gasteiger charge is -2.39. The van der Waals surface area contributed by atoms with Crippen molar-refractivity contribution in [3.63, 3.8) is 0 Å². The van der Waals surface area contributed by atoms with Gasteiger partial charge in [-0.05, 0) is 6.07 Å². The fraction of sp³-hybridized carbons (Fsp3) is 0.462. The van der Waals surface area contributed by atoms with Crippen molar-refractivity contribution in [2.24, 2.45) is 0 Å². The summed E-state index contributed by atoms with van der Waals surface area (Å²) in [5.74, 6) is -0.262. The zero-order chi connectivity index (χ0) is 13.5. The Labute approximate surface area is 106 Å². The molecule has 5 heteroatoms. The molecule has 2 rings (SSSR count). The van der Waals surface area contributed by atoms with Gasteiger partial charge in [-0.3, -0.25) is 9.28 Å². The van der Waals surface area contributed by atoms with Crippen molar-refractivity contribution >= 4 is 11.6 Å². The first-order chi connectivity index (χ1) is 8.29. The summed E-state index contributed by atoms with van der Waals surface area (Å²) in [7, 11) is 4.03. The normalized spacial score (nSPS) is 21.2. The second kappa shape index (κ2) is 4.17. The molecular weight excluding hydrogens is 232 g/mol. The van der Waals surface area contributed by atoms with Crippen LogP contribution in [0.2, 0.25) is 0 Å². The maximum atomic E-state index is 11.1. The highest BCUT2D eigenvalue weighted by Gasteiger charge is 2.34. The predicted molar refractivity (Wildman–Crippen MR) is 69.6 cm³/mol. The minimum absolute atomic E-state index is 0.0496. The maximum absolute atomic E-state index is 11.1. The average molecular weight is 251 g/mol. The second-order valence-corrected chi connectivity index (χ2v) is 5.44. The Morgan fingerprint density at radius 3 is 2.56 bits per heavy atom. The summed E-state index contributed by atoms with van der Waals surface area (Å²) in [5, 5.41) is 22.1. The lowest BCUT2D eigenvalue weighted by atomic mass is 9.95. The number of aromatic hydroxyl groups is 2. The topological polar surface area (TPSA) is 69.6 Å². The molecule has 1 amide bonds. The first-order valence-corrected chi connectivity index (χ1v) is 5.95. The second-order valence-electron chi connectivity index (χ2n) is 5.44. The summed E-state index contributed by atoms with van der Waals surface area (Å²) in [4.78, 5) is 11.1. The number of hydrogen-bond acceptors (Lipinski definition) is 3. The van der Waals surface area contributed by atoms with Gasteiger partial charge < -0.3 is 15.5 Å². The highest BCUT2D eigenvalue weighted by Crippen LogP contribution is 2.38. The van der Waals surface area contributed by atoms with Crippen LogP contribution in [0.15, 0.2) is 12.1 Å². The molecule has 1 aromatic rings. The van der Waals surface area contributed by atoms with Gasteiger partial charge in [-0.2, -0.15) is 0 Å². The van der Waals surface area contributed by atoms with E-state index in [-0.39, 0.29) is 23.4 Å². The predicted octanol–water partition coefficient (Wildman–Crippen LogP) is 0.725. The van der Waals surface area contributed by atoms with Gasteiger partial charge in [0.2, 0.25) is 5.91 Å². The number of fused-ring (bicyclic) bond motifs is 1. The number of hydrogen-bond donors (Lipinski definition) is 3. The van der Waals surface area contributed by atoms with Crippen LogP contribution in [0.3, 0.4) is 0 Å². The number of likely N-dealkylation sites (N-methyl/N-ethyl adjacent to an activating group) is 1. The molecule has 0 saturated heterocycles. The molecule has 5 nitrogen and oxygen atoms in total. The van der Waals surface area contributed by atoms with Crippen LogP contribution in [0.25, 0.3) is 0 Å². The van der Waals surface area contributed by atoms with Crippen molar-refractivity contribution in [2.75, 3.05) is 20.6 Å². The van der Waals surface area contributed by atoms with Crippen molar-refractivity contribution in [1.29, 1.82) is 0 Å². The molecule has 3 N–H and O–H groups in total. The highest BCUT2D eigenvalue weighted by atomic mass is 16.3. The van der Waals surface area contributed by atoms with Crippen molar-refractivity contribution in [3.05, 3.63) is 17.7 Å². The summed E-state index contributed by atoms with van der Waals surface area (Å²) in [6.07, 6.45) is 0.671. The molecule has 0 spiro atoms. The molecule has 1 aromatic carbocycles. The van der Waals surface area contributed by atoms with Crippen LogP contribution in [-0.4, -0.2) is 42.8 Å². The quantitative estimate of drug-likeness (QED) is 0.509. The number of rotatable bonds is 1. The van der Waals surface area contributed by atoms with Gasteiger partial charge in [0.15, 0.2) is 11.5 Å². The van der Waals surface area contributed by atoms with Crippen molar-refractivity contribution in [1.82, 2.24) is 9.80 Å². The SMILES string of the molecule is CC(=O)NC1Cc2cc(O)c(O)cc2[N+](C)(C)C1. The first kappa shape index (κ1) is 12.7. The highest BCUT2D eigenvalue weighted by molar-refractivity contribution is 5.73. The smallest absolute Gasteiger partial charge is 0.217 e. The van der Waals surface area contributed by atoms with Crippen molar-refractivity contribution < 1.29 is 15.0 Å². The van der Waals surface area contributed by atoms with Crippen LogP contribution in [0.5, 0.6) is 11.5 Å². The molecule has 1 atom stereocenters. The van der Waals surface area contributed by atoms with Crippen molar-refractivity contribution in [3.8, 4) is 11.5 Å². The molecule has 0 aliphatic carbocycles. The lowest BCUT2D eigenvalue weighted by molar-refractivity contribution is -0.119. The number of nitrogens with one attached hydrogen (secondary N) is 1. The summed E-state index contributed by atoms with van der Waals surface area (Å²) in [6.45, 7) is 2.26. The van der Waals surface area contributed by atoms with Crippen LogP contribution in [0.4, 0.5) is 5.69 Å². The number of carbonyl (C=O) groups excluding carboxylic acids is 1. The van der Waals surface area contributed by atoms with E-state index in [4.69, 9.17) is 0 Å². The van der Waals surface area contributed by atoms with Gasteiger partial charge in [0.25, 0.3) is 0 Å². The molecule has 18 heavy (non-hydrogen) atoms. The summed E-state index contributed by atoms with van der Waals surface area (Å²) < 4.78 is 0.564. The van der Waals surface area contributed by atoms with E-state index in [1.54, 1.807) is 12.1 Å². The monoisotopic (exact) mass is 251 g/mol. The first-order valence-electron chi connectivity index (χ1n) is 5.95. The largest absolute Gasteiger partial charge is 0.504 e. The Balaban J connectivity index is 2.40. The molecule has 0 bridgehead atoms. The van der Waals surface area contributed by atoms with E-state index >= 15 is 0 Å². The van der Waals surface area contributed by atoms with E-state index in [0.717, 1.165) is 17.8 Å².